The summed E-state index contributed by atoms with van der Waals surface area (Å²) in [7, 11) is 0. The van der Waals surface area contributed by atoms with Crippen LogP contribution in [0.5, 0.6) is 11.5 Å². The molecule has 5 atom stereocenters. The van der Waals surface area contributed by atoms with Gasteiger partial charge < -0.3 is 20.3 Å². The molecule has 7 nitrogen and oxygen atoms in total. The molecule has 2 aromatic rings. The molecule has 1 amide bonds. The van der Waals surface area contributed by atoms with E-state index in [0.717, 1.165) is 43.0 Å². The molecule has 7 rings (SSSR count). The van der Waals surface area contributed by atoms with E-state index in [1.165, 1.54) is 12.8 Å². The van der Waals surface area contributed by atoms with Crippen LogP contribution in [0.4, 0.5) is 0 Å². The van der Waals surface area contributed by atoms with Gasteiger partial charge in [-0.05, 0) is 74.8 Å². The summed E-state index contributed by atoms with van der Waals surface area (Å²) >= 11 is 0. The fraction of sp³-hybridized carbons (Fsp3) is 0.533. The molecule has 194 valence electrons. The minimum absolute atomic E-state index is 0.0257. The number of nitrogens with one attached hydrogen (secondary N) is 1. The quantitative estimate of drug-likeness (QED) is 0.539. The lowest BCUT2D eigenvalue weighted by Gasteiger charge is -2.64. The fourth-order valence-electron chi connectivity index (χ4n) is 8.03. The van der Waals surface area contributed by atoms with Crippen LogP contribution in [-0.2, 0) is 16.6 Å². The first-order valence-corrected chi connectivity index (χ1v) is 13.7. The van der Waals surface area contributed by atoms with Gasteiger partial charge in [-0.1, -0.05) is 24.3 Å². The second-order valence-electron chi connectivity index (χ2n) is 11.9. The third-order valence-electron chi connectivity index (χ3n) is 9.86. The SMILES string of the molecule is O=C(CNC(=O)c1ccccc1)C[C@@H]1CC[C@@]2(O)[C@H]3Cc4ccc(O)c5c4[C@@]2(CCN3CC2CC2)[C@H]1O5. The van der Waals surface area contributed by atoms with Crippen LogP contribution >= 0.6 is 0 Å². The first kappa shape index (κ1) is 23.2. The molecule has 2 heterocycles. The average Bonchev–Trinajstić information content (AvgIpc) is 3.64. The molecule has 2 aliphatic heterocycles. The Kier molecular flexibility index (Phi) is 5.21. The molecule has 3 N–H and O–H groups in total. The Morgan fingerprint density at radius 1 is 1.08 bits per heavy atom. The lowest BCUT2D eigenvalue weighted by Crippen LogP contribution is -2.76. The Morgan fingerprint density at radius 3 is 2.68 bits per heavy atom. The normalized spacial score (nSPS) is 33.4. The van der Waals surface area contributed by atoms with Crippen molar-refractivity contribution in [2.75, 3.05) is 19.6 Å². The zero-order valence-electron chi connectivity index (χ0n) is 21.0. The summed E-state index contributed by atoms with van der Waals surface area (Å²) in [5.41, 5.74) is 1.11. The molecule has 0 radical (unpaired) electrons. The van der Waals surface area contributed by atoms with Crippen LogP contribution in [0.1, 0.15) is 60.0 Å². The van der Waals surface area contributed by atoms with Gasteiger partial charge in [0.15, 0.2) is 17.3 Å². The Morgan fingerprint density at radius 2 is 1.89 bits per heavy atom. The highest BCUT2D eigenvalue weighted by Gasteiger charge is 2.72. The van der Waals surface area contributed by atoms with Gasteiger partial charge >= 0.3 is 0 Å². The van der Waals surface area contributed by atoms with Crippen LogP contribution in [0, 0.1) is 11.8 Å². The first-order valence-electron chi connectivity index (χ1n) is 13.7. The van der Waals surface area contributed by atoms with Crippen LogP contribution in [0.3, 0.4) is 0 Å². The summed E-state index contributed by atoms with van der Waals surface area (Å²) in [6, 6.07) is 12.6. The Labute approximate surface area is 216 Å². The van der Waals surface area contributed by atoms with Crippen molar-refractivity contribution in [1.82, 2.24) is 10.2 Å². The Hall–Kier alpha value is -2.90. The van der Waals surface area contributed by atoms with Gasteiger partial charge in [0.2, 0.25) is 0 Å². The zero-order valence-corrected chi connectivity index (χ0v) is 21.0. The molecule has 0 unspecified atom stereocenters. The number of aliphatic hydroxyl groups is 1. The van der Waals surface area contributed by atoms with Crippen LogP contribution in [-0.4, -0.2) is 64.2 Å². The van der Waals surface area contributed by atoms with Gasteiger partial charge in [0, 0.05) is 36.1 Å². The topological polar surface area (TPSA) is 99.1 Å². The first-order chi connectivity index (χ1) is 17.9. The number of ketones is 1. The van der Waals surface area contributed by atoms with Crippen LogP contribution in [0.2, 0.25) is 0 Å². The van der Waals surface area contributed by atoms with E-state index in [1.54, 1.807) is 30.3 Å². The summed E-state index contributed by atoms with van der Waals surface area (Å²) in [4.78, 5) is 28.0. The van der Waals surface area contributed by atoms with Gasteiger partial charge in [-0.2, -0.15) is 0 Å². The molecule has 1 saturated heterocycles. The van der Waals surface area contributed by atoms with Gasteiger partial charge in [-0.15, -0.1) is 0 Å². The summed E-state index contributed by atoms with van der Waals surface area (Å²) in [6.07, 6.45) is 5.28. The number of carbonyl (C=O) groups excluding carboxylic acids is 2. The van der Waals surface area contributed by atoms with Crippen molar-refractivity contribution in [1.29, 1.82) is 0 Å². The van der Waals surface area contributed by atoms with Gasteiger partial charge in [-0.25, -0.2) is 0 Å². The summed E-state index contributed by atoms with van der Waals surface area (Å²) in [5.74, 6) is 0.969. The minimum atomic E-state index is -0.947. The maximum absolute atomic E-state index is 13.1. The lowest BCUT2D eigenvalue weighted by molar-refractivity contribution is -0.198. The zero-order chi connectivity index (χ0) is 25.4. The number of hydrogen-bond donors (Lipinski definition) is 3. The average molecular weight is 503 g/mol. The van der Waals surface area contributed by atoms with E-state index in [0.29, 0.717) is 24.2 Å². The molecular formula is C30H34N2O5. The molecule has 7 heteroatoms. The number of amides is 1. The molecule has 3 fully saturated rings. The number of phenolic OH excluding ortho intramolecular Hbond substituents is 1. The summed E-state index contributed by atoms with van der Waals surface area (Å²) < 4.78 is 6.54. The van der Waals surface area contributed by atoms with Gasteiger partial charge in [0.05, 0.1) is 17.6 Å². The predicted molar refractivity (Wildman–Crippen MR) is 137 cm³/mol. The number of nitrogens with zero attached hydrogens (tertiary/aromatic N) is 1. The van der Waals surface area contributed by atoms with Crippen LogP contribution in [0.25, 0.3) is 0 Å². The highest BCUT2D eigenvalue weighted by Crippen LogP contribution is 2.66. The molecule has 2 saturated carbocycles. The lowest BCUT2D eigenvalue weighted by atomic mass is 9.47. The van der Waals surface area contributed by atoms with Crippen molar-refractivity contribution in [2.24, 2.45) is 11.8 Å². The molecule has 5 aliphatic rings. The van der Waals surface area contributed by atoms with Gasteiger partial charge in [0.1, 0.15) is 6.10 Å². The fourth-order valence-corrected chi connectivity index (χ4v) is 8.03. The highest BCUT2D eigenvalue weighted by molar-refractivity contribution is 5.96. The smallest absolute Gasteiger partial charge is 0.251 e. The van der Waals surface area contributed by atoms with E-state index in [-0.39, 0.29) is 48.5 Å². The monoisotopic (exact) mass is 502 g/mol. The van der Waals surface area contributed by atoms with Crippen molar-refractivity contribution in [2.45, 2.75) is 68.1 Å². The maximum Gasteiger partial charge on any atom is 0.251 e. The number of hydrogen-bond acceptors (Lipinski definition) is 6. The van der Waals surface area contributed by atoms with Crippen molar-refractivity contribution < 1.29 is 24.5 Å². The molecular weight excluding hydrogens is 468 g/mol. The third-order valence-corrected chi connectivity index (χ3v) is 9.86. The van der Waals surface area contributed by atoms with Crippen molar-refractivity contribution in [3.63, 3.8) is 0 Å². The number of ether oxygens (including phenoxy) is 1. The highest BCUT2D eigenvalue weighted by atomic mass is 16.5. The standard InChI is InChI=1S/C30H34N2O5/c33-22(16-31-28(35)19-4-2-1-3-5-19)14-21-10-11-30(36)24-15-20-8-9-23(34)26-25(20)29(30,27(21)37-26)12-13-32(24)17-18-6-7-18/h1-5,8-9,18,21,24,27,34,36H,6-7,10-17H2,(H,31,35)/t21-,24+,27-,29-,30+/m0/s1. The molecule has 37 heavy (non-hydrogen) atoms. The van der Waals surface area contributed by atoms with E-state index in [4.69, 9.17) is 4.74 Å². The van der Waals surface area contributed by atoms with Crippen LogP contribution in [0.15, 0.2) is 42.5 Å². The second kappa shape index (κ2) is 8.30. The summed E-state index contributed by atoms with van der Waals surface area (Å²) in [5, 5.41) is 26.0. The molecule has 3 aliphatic carbocycles. The molecule has 2 aromatic carbocycles. The van der Waals surface area contributed by atoms with Crippen LogP contribution < -0.4 is 10.1 Å². The van der Waals surface area contributed by atoms with Gasteiger partial charge in [0.25, 0.3) is 5.91 Å². The Balaban J connectivity index is 1.16. The maximum atomic E-state index is 13.1. The van der Waals surface area contributed by atoms with Crippen molar-refractivity contribution in [3.05, 3.63) is 59.2 Å². The van der Waals surface area contributed by atoms with E-state index in [9.17, 15) is 19.8 Å². The number of Topliss-reactive ketones (excluding diaryl/α,β-unsaturated/α-hetero) is 1. The Bertz CT molecular complexity index is 1260. The van der Waals surface area contributed by atoms with E-state index in [1.807, 2.05) is 12.1 Å². The molecule has 1 spiro atoms. The van der Waals surface area contributed by atoms with E-state index in [2.05, 4.69) is 10.2 Å². The van der Waals surface area contributed by atoms with Gasteiger partial charge in [-0.3, -0.25) is 14.5 Å². The number of rotatable bonds is 7. The number of phenols is 1. The van der Waals surface area contributed by atoms with E-state index < -0.39 is 11.0 Å². The number of benzene rings is 2. The minimum Gasteiger partial charge on any atom is -0.504 e. The third kappa shape index (κ3) is 3.40. The summed E-state index contributed by atoms with van der Waals surface area (Å²) in [6.45, 7) is 1.90. The number of piperidine rings is 1. The van der Waals surface area contributed by atoms with Crippen molar-refractivity contribution >= 4 is 11.7 Å². The molecule has 2 bridgehead atoms. The number of aromatic hydroxyl groups is 1. The van der Waals surface area contributed by atoms with E-state index >= 15 is 0 Å². The second-order valence-corrected chi connectivity index (χ2v) is 11.9. The largest absolute Gasteiger partial charge is 0.504 e. The molecule has 0 aromatic heterocycles. The number of carbonyl (C=O) groups is 2. The van der Waals surface area contributed by atoms with Crippen molar-refractivity contribution in [3.8, 4) is 11.5 Å². The number of likely N-dealkylation sites (tertiary alicyclic amines) is 1. The predicted octanol–water partition coefficient (Wildman–Crippen LogP) is 2.96.